The van der Waals surface area contributed by atoms with Gasteiger partial charge in [0.1, 0.15) is 0 Å². The summed E-state index contributed by atoms with van der Waals surface area (Å²) >= 11 is 0. The first-order valence-electron chi connectivity index (χ1n) is 6.94. The summed E-state index contributed by atoms with van der Waals surface area (Å²) in [6, 6.07) is 10.2. The predicted octanol–water partition coefficient (Wildman–Crippen LogP) is 2.23. The van der Waals surface area contributed by atoms with Crippen LogP contribution in [-0.2, 0) is 6.42 Å². The van der Waals surface area contributed by atoms with E-state index in [0.717, 1.165) is 22.3 Å². The number of hydrogen-bond donors (Lipinski definition) is 3. The molecular weight excluding hydrogens is 278 g/mol. The summed E-state index contributed by atoms with van der Waals surface area (Å²) in [6.45, 7) is 0. The standard InChI is InChI=1S/C16H13N5O/c22-16-12(9-19-21-16)15-14(17-5-6-18-15)8-11-7-10-3-1-2-4-13(10)20-11/h1-7,9,20H,8H2,(H2,19,21,22). The van der Waals surface area contributed by atoms with Crippen molar-refractivity contribution >= 4 is 10.9 Å². The molecule has 0 radical (unpaired) electrons. The Labute approximate surface area is 125 Å². The zero-order chi connectivity index (χ0) is 14.9. The topological polar surface area (TPSA) is 90.2 Å². The molecule has 0 saturated carbocycles. The fourth-order valence-electron chi connectivity index (χ4n) is 2.61. The molecule has 0 aliphatic heterocycles. The molecule has 108 valence electrons. The van der Waals surface area contributed by atoms with E-state index in [1.54, 1.807) is 18.6 Å². The molecule has 0 aliphatic carbocycles. The zero-order valence-corrected chi connectivity index (χ0v) is 11.6. The molecule has 4 aromatic rings. The quantitative estimate of drug-likeness (QED) is 0.540. The molecule has 1 aromatic carbocycles. The normalized spacial score (nSPS) is 11.1. The predicted molar refractivity (Wildman–Crippen MR) is 83.5 cm³/mol. The number of para-hydroxylation sites is 1. The van der Waals surface area contributed by atoms with Crippen molar-refractivity contribution in [2.45, 2.75) is 6.42 Å². The first-order chi connectivity index (χ1) is 10.8. The van der Waals surface area contributed by atoms with E-state index in [1.165, 1.54) is 0 Å². The molecule has 3 aromatic heterocycles. The molecular formula is C16H13N5O. The number of aromatic amines is 3. The zero-order valence-electron chi connectivity index (χ0n) is 11.6. The van der Waals surface area contributed by atoms with Crippen molar-refractivity contribution in [2.75, 3.05) is 0 Å². The molecule has 0 saturated heterocycles. The third-order valence-corrected chi connectivity index (χ3v) is 3.62. The van der Waals surface area contributed by atoms with Gasteiger partial charge < -0.3 is 10.1 Å². The van der Waals surface area contributed by atoms with Gasteiger partial charge in [0.15, 0.2) is 0 Å². The van der Waals surface area contributed by atoms with Gasteiger partial charge in [-0.2, -0.15) is 0 Å². The van der Waals surface area contributed by atoms with E-state index in [9.17, 15) is 4.79 Å². The maximum absolute atomic E-state index is 11.8. The van der Waals surface area contributed by atoms with Gasteiger partial charge in [0.05, 0.1) is 17.0 Å². The van der Waals surface area contributed by atoms with Crippen molar-refractivity contribution < 1.29 is 0 Å². The lowest BCUT2D eigenvalue weighted by atomic mass is 10.1. The second-order valence-corrected chi connectivity index (χ2v) is 5.07. The maximum Gasteiger partial charge on any atom is 0.273 e. The molecule has 0 unspecified atom stereocenters. The average Bonchev–Trinajstić information content (AvgIpc) is 3.13. The van der Waals surface area contributed by atoms with Crippen molar-refractivity contribution in [3.05, 3.63) is 70.7 Å². The fourth-order valence-corrected chi connectivity index (χ4v) is 2.61. The SMILES string of the molecule is O=c1[nH][nH]cc1-c1nccnc1Cc1cc2ccccc2[nH]1. The van der Waals surface area contributed by atoms with E-state index in [-0.39, 0.29) is 5.56 Å². The van der Waals surface area contributed by atoms with Crippen LogP contribution in [0.25, 0.3) is 22.2 Å². The molecule has 6 nitrogen and oxygen atoms in total. The number of rotatable bonds is 3. The monoisotopic (exact) mass is 291 g/mol. The lowest BCUT2D eigenvalue weighted by Gasteiger charge is -2.03. The van der Waals surface area contributed by atoms with Gasteiger partial charge in [-0.05, 0) is 17.5 Å². The van der Waals surface area contributed by atoms with Crippen LogP contribution in [0.1, 0.15) is 11.4 Å². The van der Waals surface area contributed by atoms with Gasteiger partial charge >= 0.3 is 0 Å². The Hall–Kier alpha value is -3.15. The van der Waals surface area contributed by atoms with Crippen LogP contribution in [0.2, 0.25) is 0 Å². The number of nitrogens with one attached hydrogen (secondary N) is 3. The van der Waals surface area contributed by atoms with Gasteiger partial charge in [-0.25, -0.2) is 0 Å². The molecule has 0 atom stereocenters. The lowest BCUT2D eigenvalue weighted by Crippen LogP contribution is -2.06. The minimum Gasteiger partial charge on any atom is -0.358 e. The minimum atomic E-state index is -0.196. The highest BCUT2D eigenvalue weighted by Crippen LogP contribution is 2.21. The van der Waals surface area contributed by atoms with Gasteiger partial charge in [0, 0.05) is 36.2 Å². The molecule has 0 fully saturated rings. The van der Waals surface area contributed by atoms with Crippen LogP contribution < -0.4 is 5.56 Å². The average molecular weight is 291 g/mol. The van der Waals surface area contributed by atoms with Crippen molar-refractivity contribution in [3.63, 3.8) is 0 Å². The smallest absolute Gasteiger partial charge is 0.273 e. The van der Waals surface area contributed by atoms with Gasteiger partial charge in [-0.1, -0.05) is 18.2 Å². The van der Waals surface area contributed by atoms with Crippen molar-refractivity contribution in [3.8, 4) is 11.3 Å². The van der Waals surface area contributed by atoms with Crippen LogP contribution in [0.4, 0.5) is 0 Å². The highest BCUT2D eigenvalue weighted by molar-refractivity contribution is 5.80. The van der Waals surface area contributed by atoms with E-state index in [0.29, 0.717) is 17.7 Å². The molecule has 0 aliphatic rings. The van der Waals surface area contributed by atoms with Crippen LogP contribution in [0.5, 0.6) is 0 Å². The summed E-state index contributed by atoms with van der Waals surface area (Å²) < 4.78 is 0. The van der Waals surface area contributed by atoms with Crippen LogP contribution in [-0.4, -0.2) is 25.1 Å². The number of benzene rings is 1. The molecule has 0 bridgehead atoms. The number of fused-ring (bicyclic) bond motifs is 1. The minimum absolute atomic E-state index is 0.196. The number of hydrogen-bond acceptors (Lipinski definition) is 3. The molecule has 0 spiro atoms. The second-order valence-electron chi connectivity index (χ2n) is 5.07. The second kappa shape index (κ2) is 5.00. The molecule has 4 rings (SSSR count). The van der Waals surface area contributed by atoms with E-state index in [1.807, 2.05) is 18.2 Å². The van der Waals surface area contributed by atoms with E-state index < -0.39 is 0 Å². The van der Waals surface area contributed by atoms with Crippen molar-refractivity contribution in [1.82, 2.24) is 25.1 Å². The molecule has 22 heavy (non-hydrogen) atoms. The van der Waals surface area contributed by atoms with Crippen LogP contribution in [0.15, 0.2) is 53.7 Å². The maximum atomic E-state index is 11.8. The summed E-state index contributed by atoms with van der Waals surface area (Å²) in [4.78, 5) is 23.9. The highest BCUT2D eigenvalue weighted by atomic mass is 16.1. The van der Waals surface area contributed by atoms with E-state index in [4.69, 9.17) is 0 Å². The molecule has 3 N–H and O–H groups in total. The third kappa shape index (κ3) is 2.10. The van der Waals surface area contributed by atoms with Crippen LogP contribution in [0.3, 0.4) is 0 Å². The van der Waals surface area contributed by atoms with Gasteiger partial charge in [0.25, 0.3) is 5.56 Å². The summed E-state index contributed by atoms with van der Waals surface area (Å²) in [6.07, 6.45) is 5.43. The van der Waals surface area contributed by atoms with Gasteiger partial charge in [0.2, 0.25) is 0 Å². The highest BCUT2D eigenvalue weighted by Gasteiger charge is 2.13. The van der Waals surface area contributed by atoms with Crippen molar-refractivity contribution in [1.29, 1.82) is 0 Å². The Morgan fingerprint density at radius 1 is 1.09 bits per heavy atom. The third-order valence-electron chi connectivity index (χ3n) is 3.62. The van der Waals surface area contributed by atoms with E-state index >= 15 is 0 Å². The summed E-state index contributed by atoms with van der Waals surface area (Å²) in [5.41, 5.74) is 3.79. The Balaban J connectivity index is 1.77. The Morgan fingerprint density at radius 2 is 1.95 bits per heavy atom. The van der Waals surface area contributed by atoms with Crippen LogP contribution in [0, 0.1) is 0 Å². The summed E-state index contributed by atoms with van der Waals surface area (Å²) in [7, 11) is 0. The Bertz CT molecular complexity index is 962. The molecule has 0 amide bonds. The Morgan fingerprint density at radius 3 is 2.77 bits per heavy atom. The number of nitrogens with zero attached hydrogens (tertiary/aromatic N) is 2. The number of H-pyrrole nitrogens is 3. The van der Waals surface area contributed by atoms with Crippen molar-refractivity contribution in [2.24, 2.45) is 0 Å². The Kier molecular flexibility index (Phi) is 2.86. The summed E-state index contributed by atoms with van der Waals surface area (Å²) in [5.74, 6) is 0. The van der Waals surface area contributed by atoms with E-state index in [2.05, 4.69) is 37.3 Å². The van der Waals surface area contributed by atoms with Gasteiger partial charge in [-0.3, -0.25) is 19.9 Å². The first kappa shape index (κ1) is 12.6. The number of aromatic nitrogens is 5. The van der Waals surface area contributed by atoms with Crippen LogP contribution >= 0.6 is 0 Å². The fraction of sp³-hybridized carbons (Fsp3) is 0.0625. The lowest BCUT2D eigenvalue weighted by molar-refractivity contribution is 1.01. The van der Waals surface area contributed by atoms with Gasteiger partial charge in [-0.15, -0.1) is 0 Å². The first-order valence-corrected chi connectivity index (χ1v) is 6.94. The molecule has 6 heteroatoms. The summed E-state index contributed by atoms with van der Waals surface area (Å²) in [5, 5.41) is 6.37. The largest absolute Gasteiger partial charge is 0.358 e. The molecule has 3 heterocycles.